The summed E-state index contributed by atoms with van der Waals surface area (Å²) in [6.45, 7) is 0. The molecular formula is C13H9BrFN3S. The lowest BCUT2D eigenvalue weighted by molar-refractivity contribution is 0.628. The molecule has 0 aliphatic carbocycles. The predicted molar refractivity (Wildman–Crippen MR) is 77.9 cm³/mol. The minimum absolute atomic E-state index is 0.255. The van der Waals surface area contributed by atoms with Crippen LogP contribution in [0.3, 0.4) is 0 Å². The first-order valence-electron chi connectivity index (χ1n) is 5.53. The Hall–Kier alpha value is -1.40. The van der Waals surface area contributed by atoms with Crippen molar-refractivity contribution in [2.24, 2.45) is 0 Å². The molecule has 0 radical (unpaired) electrons. The SMILES string of the molecule is CSc1nccn2c(Br)c(-c3ccc(F)cc3)nc12. The third-order valence-electron chi connectivity index (χ3n) is 2.76. The second-order valence-electron chi connectivity index (χ2n) is 3.89. The van der Waals surface area contributed by atoms with Crippen molar-refractivity contribution in [3.8, 4) is 11.3 Å². The van der Waals surface area contributed by atoms with Crippen molar-refractivity contribution in [3.05, 3.63) is 47.1 Å². The zero-order valence-electron chi connectivity index (χ0n) is 9.97. The fraction of sp³-hybridized carbons (Fsp3) is 0.0769. The standard InChI is InChI=1S/C13H9BrFN3S/c1-19-13-12-17-10(8-2-4-9(15)5-3-8)11(14)18(12)7-6-16-13/h2-7H,1H3. The lowest BCUT2D eigenvalue weighted by atomic mass is 10.2. The van der Waals surface area contributed by atoms with E-state index in [-0.39, 0.29) is 5.82 Å². The molecule has 3 rings (SSSR count). The van der Waals surface area contributed by atoms with Crippen molar-refractivity contribution >= 4 is 33.3 Å². The van der Waals surface area contributed by atoms with Gasteiger partial charge in [-0.3, -0.25) is 4.40 Å². The van der Waals surface area contributed by atoms with Crippen molar-refractivity contribution in [2.75, 3.05) is 6.26 Å². The van der Waals surface area contributed by atoms with Crippen LogP contribution in [0.2, 0.25) is 0 Å². The van der Waals surface area contributed by atoms with Gasteiger partial charge in [0.25, 0.3) is 0 Å². The molecule has 19 heavy (non-hydrogen) atoms. The fourth-order valence-corrected chi connectivity index (χ4v) is 2.96. The molecule has 0 amide bonds. The van der Waals surface area contributed by atoms with Gasteiger partial charge in [-0.25, -0.2) is 14.4 Å². The average Bonchev–Trinajstić information content (AvgIpc) is 2.77. The van der Waals surface area contributed by atoms with E-state index in [2.05, 4.69) is 25.9 Å². The Kier molecular flexibility index (Phi) is 3.28. The Bertz CT molecular complexity index is 739. The molecule has 0 unspecified atom stereocenters. The molecule has 0 saturated heterocycles. The molecule has 0 atom stereocenters. The molecule has 2 aromatic heterocycles. The monoisotopic (exact) mass is 337 g/mol. The van der Waals surface area contributed by atoms with Gasteiger partial charge in [-0.1, -0.05) is 0 Å². The van der Waals surface area contributed by atoms with Crippen LogP contribution in [0, 0.1) is 5.82 Å². The normalized spacial score (nSPS) is 11.1. The van der Waals surface area contributed by atoms with Gasteiger partial charge in [0.05, 0.1) is 0 Å². The third kappa shape index (κ3) is 2.15. The zero-order valence-corrected chi connectivity index (χ0v) is 12.4. The van der Waals surface area contributed by atoms with E-state index in [1.165, 1.54) is 12.1 Å². The number of hydrogen-bond acceptors (Lipinski definition) is 3. The number of aromatic nitrogens is 3. The molecule has 0 bridgehead atoms. The second kappa shape index (κ2) is 4.94. The average molecular weight is 338 g/mol. The van der Waals surface area contributed by atoms with Gasteiger partial charge in [-0.2, -0.15) is 0 Å². The van der Waals surface area contributed by atoms with E-state index in [9.17, 15) is 4.39 Å². The summed E-state index contributed by atoms with van der Waals surface area (Å²) in [5.41, 5.74) is 2.44. The smallest absolute Gasteiger partial charge is 0.171 e. The molecule has 0 fully saturated rings. The van der Waals surface area contributed by atoms with E-state index < -0.39 is 0 Å². The number of rotatable bonds is 2. The van der Waals surface area contributed by atoms with E-state index in [0.717, 1.165) is 26.5 Å². The Morgan fingerprint density at radius 3 is 2.68 bits per heavy atom. The van der Waals surface area contributed by atoms with Crippen LogP contribution in [0.5, 0.6) is 0 Å². The van der Waals surface area contributed by atoms with Crippen molar-refractivity contribution in [1.82, 2.24) is 14.4 Å². The van der Waals surface area contributed by atoms with Crippen molar-refractivity contribution in [2.45, 2.75) is 5.03 Å². The van der Waals surface area contributed by atoms with E-state index in [1.807, 2.05) is 16.9 Å². The Morgan fingerprint density at radius 1 is 1.26 bits per heavy atom. The summed E-state index contributed by atoms with van der Waals surface area (Å²) in [4.78, 5) is 8.88. The Balaban J connectivity index is 2.25. The number of fused-ring (bicyclic) bond motifs is 1. The van der Waals surface area contributed by atoms with Gasteiger partial charge in [-0.05, 0) is 46.5 Å². The van der Waals surface area contributed by atoms with Crippen LogP contribution in [0.4, 0.5) is 4.39 Å². The van der Waals surface area contributed by atoms with Crippen LogP contribution >= 0.6 is 27.7 Å². The van der Waals surface area contributed by atoms with Gasteiger partial charge in [0, 0.05) is 18.0 Å². The highest BCUT2D eigenvalue weighted by atomic mass is 79.9. The summed E-state index contributed by atoms with van der Waals surface area (Å²) in [5, 5.41) is 0.858. The molecule has 0 saturated carbocycles. The number of hydrogen-bond donors (Lipinski definition) is 0. The van der Waals surface area contributed by atoms with Gasteiger partial charge < -0.3 is 0 Å². The molecule has 0 aliphatic heterocycles. The highest BCUT2D eigenvalue weighted by molar-refractivity contribution is 9.10. The second-order valence-corrected chi connectivity index (χ2v) is 5.43. The summed E-state index contributed by atoms with van der Waals surface area (Å²) < 4.78 is 15.7. The molecule has 2 heterocycles. The maximum Gasteiger partial charge on any atom is 0.171 e. The third-order valence-corrected chi connectivity index (χ3v) is 4.19. The first-order valence-corrected chi connectivity index (χ1v) is 7.55. The van der Waals surface area contributed by atoms with Gasteiger partial charge >= 0.3 is 0 Å². The van der Waals surface area contributed by atoms with Crippen molar-refractivity contribution in [1.29, 1.82) is 0 Å². The van der Waals surface area contributed by atoms with Crippen LogP contribution in [0.1, 0.15) is 0 Å². The Labute approximate surface area is 122 Å². The summed E-state index contributed by atoms with van der Waals surface area (Å²) in [6.07, 6.45) is 5.54. The van der Waals surface area contributed by atoms with Crippen LogP contribution in [-0.4, -0.2) is 20.6 Å². The lowest BCUT2D eigenvalue weighted by Gasteiger charge is -1.98. The fourth-order valence-electron chi connectivity index (χ4n) is 1.86. The van der Waals surface area contributed by atoms with E-state index >= 15 is 0 Å². The molecule has 1 aromatic carbocycles. The number of benzene rings is 1. The first kappa shape index (κ1) is 12.6. The van der Waals surface area contributed by atoms with Crippen LogP contribution in [-0.2, 0) is 0 Å². The molecule has 3 aromatic rings. The highest BCUT2D eigenvalue weighted by Crippen LogP contribution is 2.31. The molecule has 0 aliphatic rings. The molecule has 3 nitrogen and oxygen atoms in total. The minimum Gasteiger partial charge on any atom is -0.290 e. The molecule has 0 N–H and O–H groups in total. The van der Waals surface area contributed by atoms with Crippen molar-refractivity contribution < 1.29 is 4.39 Å². The van der Waals surface area contributed by atoms with Gasteiger partial charge in [0.2, 0.25) is 0 Å². The zero-order chi connectivity index (χ0) is 13.4. The largest absolute Gasteiger partial charge is 0.290 e. The van der Waals surface area contributed by atoms with E-state index in [0.29, 0.717) is 0 Å². The lowest BCUT2D eigenvalue weighted by Crippen LogP contribution is -1.89. The van der Waals surface area contributed by atoms with Gasteiger partial charge in [0.1, 0.15) is 21.1 Å². The number of halogens is 2. The predicted octanol–water partition coefficient (Wildman–Crippen LogP) is 4.02. The molecule has 96 valence electrons. The maximum atomic E-state index is 13.0. The number of nitrogens with zero attached hydrogens (tertiary/aromatic N) is 3. The number of imidazole rings is 1. The number of thioether (sulfide) groups is 1. The quantitative estimate of drug-likeness (QED) is 0.661. The van der Waals surface area contributed by atoms with E-state index in [4.69, 9.17) is 0 Å². The highest BCUT2D eigenvalue weighted by Gasteiger charge is 2.14. The van der Waals surface area contributed by atoms with Gasteiger partial charge in [0.15, 0.2) is 5.65 Å². The summed E-state index contributed by atoms with van der Waals surface area (Å²) in [6, 6.07) is 6.29. The van der Waals surface area contributed by atoms with Crippen molar-refractivity contribution in [3.63, 3.8) is 0 Å². The molecule has 0 spiro atoms. The molecule has 6 heteroatoms. The minimum atomic E-state index is -0.255. The van der Waals surface area contributed by atoms with Gasteiger partial charge in [-0.15, -0.1) is 11.8 Å². The summed E-state index contributed by atoms with van der Waals surface area (Å²) in [5.74, 6) is -0.255. The van der Waals surface area contributed by atoms with Crippen LogP contribution in [0.15, 0.2) is 46.3 Å². The summed E-state index contributed by atoms with van der Waals surface area (Å²) >= 11 is 5.08. The first-order chi connectivity index (χ1) is 9.20. The van der Waals surface area contributed by atoms with Crippen LogP contribution < -0.4 is 0 Å². The van der Waals surface area contributed by atoms with E-state index in [1.54, 1.807) is 30.1 Å². The Morgan fingerprint density at radius 2 is 2.00 bits per heavy atom. The summed E-state index contributed by atoms with van der Waals surface area (Å²) in [7, 11) is 0. The van der Waals surface area contributed by atoms with Crippen LogP contribution in [0.25, 0.3) is 16.9 Å². The molecular weight excluding hydrogens is 329 g/mol. The topological polar surface area (TPSA) is 30.2 Å². The maximum absolute atomic E-state index is 13.0.